The van der Waals surface area contributed by atoms with Gasteiger partial charge in [-0.3, -0.25) is 0 Å². The molecule has 0 bridgehead atoms. The summed E-state index contributed by atoms with van der Waals surface area (Å²) >= 11 is 0. The van der Waals surface area contributed by atoms with Gasteiger partial charge in [0.05, 0.1) is 0 Å². The average Bonchev–Trinajstić information content (AvgIpc) is 2.76. The largest absolute Gasteiger partial charge is 0.326 e. The van der Waals surface area contributed by atoms with Crippen molar-refractivity contribution in [1.82, 2.24) is 24.6 Å². The van der Waals surface area contributed by atoms with Gasteiger partial charge in [-0.15, -0.1) is 0 Å². The highest BCUT2D eigenvalue weighted by molar-refractivity contribution is 4.96. The number of rotatable bonds is 4. The summed E-state index contributed by atoms with van der Waals surface area (Å²) < 4.78 is 1.97. The van der Waals surface area contributed by atoms with Crippen LogP contribution >= 0.6 is 0 Å². The van der Waals surface area contributed by atoms with Gasteiger partial charge in [0.1, 0.15) is 12.2 Å². The third-order valence-corrected chi connectivity index (χ3v) is 4.16. The van der Waals surface area contributed by atoms with Crippen molar-refractivity contribution in [3.8, 4) is 0 Å². The summed E-state index contributed by atoms with van der Waals surface area (Å²) in [7, 11) is 4.35. The van der Waals surface area contributed by atoms with Crippen molar-refractivity contribution in [2.24, 2.45) is 5.73 Å². The molecule has 2 unspecified atom stereocenters. The zero-order chi connectivity index (χ0) is 14.7. The third kappa shape index (κ3) is 3.56. The Labute approximate surface area is 121 Å². The van der Waals surface area contributed by atoms with Crippen LogP contribution in [-0.4, -0.2) is 70.4 Å². The van der Waals surface area contributed by atoms with Gasteiger partial charge in [-0.1, -0.05) is 0 Å². The zero-order valence-electron chi connectivity index (χ0n) is 13.2. The molecule has 20 heavy (non-hydrogen) atoms. The minimum Gasteiger partial charge on any atom is -0.326 e. The fraction of sp³-hybridized carbons (Fsp3) is 0.857. The van der Waals surface area contributed by atoms with E-state index in [0.717, 1.165) is 31.9 Å². The summed E-state index contributed by atoms with van der Waals surface area (Å²) in [6.45, 7) is 7.52. The first-order valence-corrected chi connectivity index (χ1v) is 7.51. The van der Waals surface area contributed by atoms with Gasteiger partial charge in [-0.05, 0) is 47.5 Å². The van der Waals surface area contributed by atoms with Crippen molar-refractivity contribution < 1.29 is 0 Å². The molecular weight excluding hydrogens is 252 g/mol. The van der Waals surface area contributed by atoms with E-state index >= 15 is 0 Å². The second kappa shape index (κ2) is 6.65. The lowest BCUT2D eigenvalue weighted by molar-refractivity contribution is 0.193. The van der Waals surface area contributed by atoms with Gasteiger partial charge in [0.15, 0.2) is 0 Å². The number of hydrogen-bond acceptors (Lipinski definition) is 5. The average molecular weight is 280 g/mol. The van der Waals surface area contributed by atoms with E-state index in [2.05, 4.69) is 47.8 Å². The molecule has 1 aliphatic rings. The van der Waals surface area contributed by atoms with Crippen molar-refractivity contribution in [3.05, 3.63) is 12.2 Å². The molecule has 2 heterocycles. The summed E-state index contributed by atoms with van der Waals surface area (Å²) in [5.41, 5.74) is 6.48. The van der Waals surface area contributed by atoms with Crippen LogP contribution in [0.5, 0.6) is 0 Å². The van der Waals surface area contributed by atoms with Gasteiger partial charge in [0.2, 0.25) is 0 Å². The lowest BCUT2D eigenvalue weighted by atomic mass is 10.0. The highest BCUT2D eigenvalue weighted by Gasteiger charge is 2.27. The predicted octanol–water partition coefficient (Wildman–Crippen LogP) is 0.365. The van der Waals surface area contributed by atoms with Crippen molar-refractivity contribution in [2.45, 2.75) is 44.8 Å². The first kappa shape index (κ1) is 15.4. The minimum atomic E-state index is 0.0854. The van der Waals surface area contributed by atoms with Crippen LogP contribution in [0.2, 0.25) is 0 Å². The molecular formula is C14H28N6. The van der Waals surface area contributed by atoms with Crippen molar-refractivity contribution >= 4 is 0 Å². The van der Waals surface area contributed by atoms with Crippen LogP contribution in [0.3, 0.4) is 0 Å². The second-order valence-electron chi connectivity index (χ2n) is 6.25. The van der Waals surface area contributed by atoms with Crippen molar-refractivity contribution in [3.63, 3.8) is 0 Å². The number of likely N-dealkylation sites (N-methyl/N-ethyl adjacent to an activating group) is 2. The Balaban J connectivity index is 2.06. The first-order chi connectivity index (χ1) is 9.49. The smallest absolute Gasteiger partial charge is 0.138 e. The Hall–Kier alpha value is -0.980. The number of nitrogens with two attached hydrogens (primary N) is 1. The van der Waals surface area contributed by atoms with E-state index in [4.69, 9.17) is 5.73 Å². The maximum Gasteiger partial charge on any atom is 0.138 e. The third-order valence-electron chi connectivity index (χ3n) is 4.16. The lowest BCUT2D eigenvalue weighted by Gasteiger charge is -2.32. The quantitative estimate of drug-likeness (QED) is 0.863. The Kier molecular flexibility index (Phi) is 5.12. The molecule has 6 nitrogen and oxygen atoms in total. The van der Waals surface area contributed by atoms with E-state index in [0.29, 0.717) is 12.1 Å². The maximum atomic E-state index is 6.48. The van der Waals surface area contributed by atoms with Gasteiger partial charge >= 0.3 is 0 Å². The van der Waals surface area contributed by atoms with Gasteiger partial charge in [0, 0.05) is 31.1 Å². The van der Waals surface area contributed by atoms with E-state index < -0.39 is 0 Å². The topological polar surface area (TPSA) is 63.2 Å². The monoisotopic (exact) mass is 280 g/mol. The molecule has 0 saturated carbocycles. The van der Waals surface area contributed by atoms with E-state index in [1.807, 2.05) is 4.68 Å². The molecule has 1 aliphatic heterocycles. The fourth-order valence-corrected chi connectivity index (χ4v) is 2.97. The molecule has 0 amide bonds. The van der Waals surface area contributed by atoms with Crippen molar-refractivity contribution in [2.75, 3.05) is 33.7 Å². The molecule has 0 spiro atoms. The molecule has 2 atom stereocenters. The molecule has 1 aromatic rings. The van der Waals surface area contributed by atoms with E-state index in [9.17, 15) is 0 Å². The molecule has 0 radical (unpaired) electrons. The van der Waals surface area contributed by atoms with Crippen LogP contribution in [0.4, 0.5) is 0 Å². The normalized spacial score (nSPS) is 24.0. The van der Waals surface area contributed by atoms with Gasteiger partial charge < -0.3 is 15.5 Å². The molecule has 2 rings (SSSR count). The van der Waals surface area contributed by atoms with Crippen LogP contribution in [0.1, 0.15) is 32.1 Å². The highest BCUT2D eigenvalue weighted by Crippen LogP contribution is 2.13. The fourth-order valence-electron chi connectivity index (χ4n) is 2.97. The Morgan fingerprint density at radius 2 is 2.10 bits per heavy atom. The summed E-state index contributed by atoms with van der Waals surface area (Å²) in [6, 6.07) is 0.788. The zero-order valence-corrected chi connectivity index (χ0v) is 13.2. The van der Waals surface area contributed by atoms with Gasteiger partial charge in [-0.2, -0.15) is 5.10 Å². The summed E-state index contributed by atoms with van der Waals surface area (Å²) in [6.07, 6.45) is 3.62. The second-order valence-corrected chi connectivity index (χ2v) is 6.25. The van der Waals surface area contributed by atoms with Crippen LogP contribution < -0.4 is 5.73 Å². The number of aromatic nitrogens is 3. The standard InChI is InChI=1S/C14H28N6/c1-11(2)20-14(16-10-17-20)8-12(15)13-9-18(3)6-5-7-19(13)4/h10-13H,5-9,15H2,1-4H3. The Bertz CT molecular complexity index is 416. The van der Waals surface area contributed by atoms with E-state index in [-0.39, 0.29) is 6.04 Å². The Morgan fingerprint density at radius 3 is 2.80 bits per heavy atom. The van der Waals surface area contributed by atoms with Crippen LogP contribution in [0.15, 0.2) is 6.33 Å². The van der Waals surface area contributed by atoms with E-state index in [1.165, 1.54) is 6.42 Å². The molecule has 114 valence electrons. The van der Waals surface area contributed by atoms with Crippen LogP contribution in [0.25, 0.3) is 0 Å². The van der Waals surface area contributed by atoms with Crippen molar-refractivity contribution in [1.29, 1.82) is 0 Å². The Morgan fingerprint density at radius 1 is 1.35 bits per heavy atom. The minimum absolute atomic E-state index is 0.0854. The number of nitrogens with zero attached hydrogens (tertiary/aromatic N) is 5. The molecule has 0 aromatic carbocycles. The summed E-state index contributed by atoms with van der Waals surface area (Å²) in [5, 5.41) is 4.29. The highest BCUT2D eigenvalue weighted by atomic mass is 15.3. The summed E-state index contributed by atoms with van der Waals surface area (Å²) in [4.78, 5) is 9.15. The number of hydrogen-bond donors (Lipinski definition) is 1. The SMILES string of the molecule is CC(C)n1ncnc1CC(N)C1CN(C)CCCN1C. The summed E-state index contributed by atoms with van der Waals surface area (Å²) in [5.74, 6) is 0.993. The predicted molar refractivity (Wildman–Crippen MR) is 80.6 cm³/mol. The first-order valence-electron chi connectivity index (χ1n) is 7.51. The van der Waals surface area contributed by atoms with Gasteiger partial charge in [0.25, 0.3) is 0 Å². The van der Waals surface area contributed by atoms with Crippen LogP contribution in [0, 0.1) is 0 Å². The molecule has 1 aromatic heterocycles. The molecule has 2 N–H and O–H groups in total. The van der Waals surface area contributed by atoms with Crippen LogP contribution in [-0.2, 0) is 6.42 Å². The molecule has 1 saturated heterocycles. The maximum absolute atomic E-state index is 6.48. The van der Waals surface area contributed by atoms with E-state index in [1.54, 1.807) is 6.33 Å². The lowest BCUT2D eigenvalue weighted by Crippen LogP contribution is -2.51. The molecule has 6 heteroatoms. The molecule has 0 aliphatic carbocycles. The van der Waals surface area contributed by atoms with Gasteiger partial charge in [-0.25, -0.2) is 9.67 Å². The molecule has 1 fully saturated rings.